The third-order valence-electron chi connectivity index (χ3n) is 2.89. The van der Waals surface area contributed by atoms with E-state index in [2.05, 4.69) is 5.32 Å². The minimum Gasteiger partial charge on any atom is -0.338 e. The van der Waals surface area contributed by atoms with Crippen molar-refractivity contribution < 1.29 is 14.3 Å². The van der Waals surface area contributed by atoms with Crippen molar-refractivity contribution in [3.8, 4) is 0 Å². The predicted molar refractivity (Wildman–Crippen MR) is 63.3 cm³/mol. The summed E-state index contributed by atoms with van der Waals surface area (Å²) in [6, 6.07) is 3.33. The summed E-state index contributed by atoms with van der Waals surface area (Å²) >= 11 is 12.0. The van der Waals surface area contributed by atoms with Gasteiger partial charge in [0.25, 0.3) is 11.7 Å². The minimum atomic E-state index is -1.35. The van der Waals surface area contributed by atoms with Crippen molar-refractivity contribution in [2.75, 3.05) is 18.5 Å². The number of ether oxygens (including phenoxy) is 2. The molecule has 2 aliphatic heterocycles. The van der Waals surface area contributed by atoms with Crippen LogP contribution in [-0.4, -0.2) is 19.1 Å². The van der Waals surface area contributed by atoms with Crippen LogP contribution in [0, 0.1) is 0 Å². The minimum absolute atomic E-state index is 0.312. The summed E-state index contributed by atoms with van der Waals surface area (Å²) in [5, 5.41) is 3.36. The number of carbonyl (C=O) groups excluding carboxylic acids is 1. The van der Waals surface area contributed by atoms with Gasteiger partial charge in [-0.25, -0.2) is 0 Å². The second-order valence-electron chi connectivity index (χ2n) is 3.91. The van der Waals surface area contributed by atoms with E-state index in [9.17, 15) is 4.79 Å². The zero-order valence-electron chi connectivity index (χ0n) is 8.76. The quantitative estimate of drug-likeness (QED) is 0.790. The van der Waals surface area contributed by atoms with Gasteiger partial charge in [-0.1, -0.05) is 23.2 Å². The van der Waals surface area contributed by atoms with Crippen LogP contribution < -0.4 is 5.32 Å². The lowest BCUT2D eigenvalue weighted by Crippen LogP contribution is -2.43. The van der Waals surface area contributed by atoms with E-state index in [1.165, 1.54) is 0 Å². The summed E-state index contributed by atoms with van der Waals surface area (Å²) in [5.41, 5.74) is 1.07. The van der Waals surface area contributed by atoms with Gasteiger partial charge in [-0.2, -0.15) is 0 Å². The van der Waals surface area contributed by atoms with Gasteiger partial charge in [-0.15, -0.1) is 0 Å². The molecule has 6 heteroatoms. The lowest BCUT2D eigenvalue weighted by Gasteiger charge is -2.31. The molecular formula is C11H9Cl2NO3. The summed E-state index contributed by atoms with van der Waals surface area (Å²) in [6.07, 6.45) is 0.770. The Balaban J connectivity index is 2.16. The molecule has 0 radical (unpaired) electrons. The fraction of sp³-hybridized carbons (Fsp3) is 0.364. The maximum Gasteiger partial charge on any atom is 0.289 e. The summed E-state index contributed by atoms with van der Waals surface area (Å²) in [7, 11) is 0. The van der Waals surface area contributed by atoms with Crippen LogP contribution in [0.25, 0.3) is 0 Å². The first kappa shape index (κ1) is 11.3. The Hall–Kier alpha value is -0.810. The average molecular weight is 274 g/mol. The first-order valence-electron chi connectivity index (χ1n) is 5.23. The zero-order chi connectivity index (χ0) is 12.0. The number of benzene rings is 1. The largest absolute Gasteiger partial charge is 0.338 e. The van der Waals surface area contributed by atoms with Gasteiger partial charge in [0.1, 0.15) is 0 Å². The van der Waals surface area contributed by atoms with Crippen molar-refractivity contribution in [2.45, 2.75) is 12.2 Å². The van der Waals surface area contributed by atoms with Gasteiger partial charge in [0, 0.05) is 5.56 Å². The molecule has 90 valence electrons. The Morgan fingerprint density at radius 1 is 1.24 bits per heavy atom. The van der Waals surface area contributed by atoms with Crippen LogP contribution in [0.15, 0.2) is 12.1 Å². The van der Waals surface area contributed by atoms with E-state index in [1.54, 1.807) is 12.1 Å². The fourth-order valence-electron chi connectivity index (χ4n) is 2.08. The molecule has 0 bridgehead atoms. The van der Waals surface area contributed by atoms with Crippen LogP contribution in [0.1, 0.15) is 12.0 Å². The van der Waals surface area contributed by atoms with Gasteiger partial charge in [0.05, 0.1) is 28.9 Å². The van der Waals surface area contributed by atoms with Crippen LogP contribution in [0.4, 0.5) is 5.69 Å². The second-order valence-corrected chi connectivity index (χ2v) is 4.69. The first-order valence-corrected chi connectivity index (χ1v) is 5.98. The van der Waals surface area contributed by atoms with Crippen molar-refractivity contribution in [1.29, 1.82) is 0 Å². The molecule has 1 N–H and O–H groups in total. The zero-order valence-corrected chi connectivity index (χ0v) is 10.3. The topological polar surface area (TPSA) is 47.6 Å². The van der Waals surface area contributed by atoms with E-state index < -0.39 is 5.79 Å². The monoisotopic (exact) mass is 273 g/mol. The van der Waals surface area contributed by atoms with E-state index in [1.807, 2.05) is 0 Å². The molecule has 0 aliphatic carbocycles. The number of carbonyl (C=O) groups is 1. The summed E-state index contributed by atoms with van der Waals surface area (Å²) in [6.45, 7) is 0.959. The Labute approximate surface area is 108 Å². The summed E-state index contributed by atoms with van der Waals surface area (Å²) < 4.78 is 11.0. The van der Waals surface area contributed by atoms with Crippen molar-refractivity contribution in [3.63, 3.8) is 0 Å². The van der Waals surface area contributed by atoms with E-state index in [-0.39, 0.29) is 5.91 Å². The van der Waals surface area contributed by atoms with Gasteiger partial charge in [0.2, 0.25) is 0 Å². The third kappa shape index (κ3) is 1.48. The third-order valence-corrected chi connectivity index (χ3v) is 3.69. The maximum absolute atomic E-state index is 12.0. The molecule has 1 amide bonds. The lowest BCUT2D eigenvalue weighted by molar-refractivity contribution is -0.255. The number of hydrogen-bond donors (Lipinski definition) is 1. The number of rotatable bonds is 0. The van der Waals surface area contributed by atoms with Crippen molar-refractivity contribution >= 4 is 34.8 Å². The van der Waals surface area contributed by atoms with Crippen LogP contribution in [0.5, 0.6) is 0 Å². The van der Waals surface area contributed by atoms with Gasteiger partial charge in [-0.05, 0) is 18.6 Å². The molecule has 1 aromatic rings. The van der Waals surface area contributed by atoms with Crippen LogP contribution in [-0.2, 0) is 20.1 Å². The fourth-order valence-corrected chi connectivity index (χ4v) is 2.45. The number of hydrogen-bond acceptors (Lipinski definition) is 3. The van der Waals surface area contributed by atoms with Crippen molar-refractivity contribution in [3.05, 3.63) is 27.7 Å². The number of halogens is 2. The molecule has 0 unspecified atom stereocenters. The Morgan fingerprint density at radius 3 is 2.65 bits per heavy atom. The SMILES string of the molecule is O=C1Nc2c(ccc(Cl)c2Cl)C12OCCCO2. The molecule has 1 aromatic carbocycles. The molecule has 0 atom stereocenters. The summed E-state index contributed by atoms with van der Waals surface area (Å²) in [4.78, 5) is 12.0. The van der Waals surface area contributed by atoms with Crippen molar-refractivity contribution in [2.24, 2.45) is 0 Å². The van der Waals surface area contributed by atoms with Gasteiger partial charge >= 0.3 is 0 Å². The first-order chi connectivity index (χ1) is 8.15. The molecule has 1 saturated heterocycles. The molecule has 2 aliphatic rings. The van der Waals surface area contributed by atoms with Crippen LogP contribution in [0.2, 0.25) is 10.0 Å². The lowest BCUT2D eigenvalue weighted by atomic mass is 10.1. The highest BCUT2D eigenvalue weighted by Gasteiger charge is 2.51. The number of nitrogens with one attached hydrogen (secondary N) is 1. The maximum atomic E-state index is 12.0. The molecular weight excluding hydrogens is 265 g/mol. The molecule has 1 fully saturated rings. The number of amides is 1. The number of anilines is 1. The Kier molecular flexibility index (Phi) is 2.56. The van der Waals surface area contributed by atoms with Crippen LogP contribution >= 0.6 is 23.2 Å². The average Bonchev–Trinajstić information content (AvgIpc) is 2.60. The second kappa shape index (κ2) is 3.85. The molecule has 3 rings (SSSR count). The molecule has 2 heterocycles. The Morgan fingerprint density at radius 2 is 1.94 bits per heavy atom. The standard InChI is InChI=1S/C11H9Cl2NO3/c12-7-3-2-6-9(8(7)13)14-10(15)11(6)16-4-1-5-17-11/h2-3H,1,4-5H2,(H,14,15). The van der Waals surface area contributed by atoms with Crippen molar-refractivity contribution in [1.82, 2.24) is 0 Å². The van der Waals surface area contributed by atoms with E-state index >= 15 is 0 Å². The van der Waals surface area contributed by atoms with E-state index in [0.717, 1.165) is 6.42 Å². The van der Waals surface area contributed by atoms with Gasteiger partial charge in [-0.3, -0.25) is 4.79 Å². The Bertz CT molecular complexity index is 498. The smallest absolute Gasteiger partial charge is 0.289 e. The normalized spacial score (nSPS) is 21.4. The van der Waals surface area contributed by atoms with Gasteiger partial charge < -0.3 is 14.8 Å². The van der Waals surface area contributed by atoms with Gasteiger partial charge in [0.15, 0.2) is 0 Å². The van der Waals surface area contributed by atoms with E-state index in [0.29, 0.717) is 34.5 Å². The molecule has 4 nitrogen and oxygen atoms in total. The highest BCUT2D eigenvalue weighted by Crippen LogP contribution is 2.46. The van der Waals surface area contributed by atoms with E-state index in [4.69, 9.17) is 32.7 Å². The summed E-state index contributed by atoms with van der Waals surface area (Å²) in [5.74, 6) is -1.70. The highest BCUT2D eigenvalue weighted by molar-refractivity contribution is 6.44. The molecule has 17 heavy (non-hydrogen) atoms. The molecule has 0 saturated carbocycles. The molecule has 0 aromatic heterocycles. The number of fused-ring (bicyclic) bond motifs is 2. The van der Waals surface area contributed by atoms with Crippen LogP contribution in [0.3, 0.4) is 0 Å². The predicted octanol–water partition coefficient (Wildman–Crippen LogP) is 2.54. The molecule has 1 spiro atoms. The highest BCUT2D eigenvalue weighted by atomic mass is 35.5.